The van der Waals surface area contributed by atoms with Crippen LogP contribution in [-0.2, 0) is 11.3 Å². The van der Waals surface area contributed by atoms with Crippen LogP contribution < -0.4 is 14.8 Å². The van der Waals surface area contributed by atoms with Gasteiger partial charge in [0.25, 0.3) is 0 Å². The molecule has 1 fully saturated rings. The lowest BCUT2D eigenvalue weighted by atomic mass is 9.90. The van der Waals surface area contributed by atoms with Gasteiger partial charge in [-0.05, 0) is 31.5 Å². The molecule has 18 heavy (non-hydrogen) atoms. The molecule has 98 valence electrons. The molecule has 4 heteroatoms. The molecule has 2 heterocycles. The molecular formula is C14H19NO3. The highest BCUT2D eigenvalue weighted by Gasteiger charge is 2.22. The Kier molecular flexibility index (Phi) is 3.39. The second-order valence-corrected chi connectivity index (χ2v) is 4.86. The fourth-order valence-corrected chi connectivity index (χ4v) is 2.73. The molecule has 0 spiro atoms. The largest absolute Gasteiger partial charge is 0.496 e. The molecule has 1 aromatic carbocycles. The Labute approximate surface area is 107 Å². The Morgan fingerprint density at radius 2 is 2.33 bits per heavy atom. The van der Waals surface area contributed by atoms with Crippen molar-refractivity contribution in [1.82, 2.24) is 5.32 Å². The van der Waals surface area contributed by atoms with E-state index in [9.17, 15) is 0 Å². The van der Waals surface area contributed by atoms with Crippen molar-refractivity contribution in [3.63, 3.8) is 0 Å². The minimum absolute atomic E-state index is 0.349. The van der Waals surface area contributed by atoms with Gasteiger partial charge in [0.05, 0.1) is 13.7 Å². The maximum Gasteiger partial charge on any atom is 0.189 e. The Hall–Kier alpha value is -1.26. The van der Waals surface area contributed by atoms with Crippen LogP contribution >= 0.6 is 0 Å². The van der Waals surface area contributed by atoms with E-state index in [1.165, 1.54) is 18.4 Å². The highest BCUT2D eigenvalue weighted by atomic mass is 16.7. The smallest absolute Gasteiger partial charge is 0.189 e. The fourth-order valence-electron chi connectivity index (χ4n) is 2.73. The van der Waals surface area contributed by atoms with E-state index in [1.54, 1.807) is 7.11 Å². The summed E-state index contributed by atoms with van der Waals surface area (Å²) in [5.74, 6) is 2.42. The summed E-state index contributed by atoms with van der Waals surface area (Å²) in [6.45, 7) is 3.09. The van der Waals surface area contributed by atoms with E-state index in [0.29, 0.717) is 19.3 Å². The van der Waals surface area contributed by atoms with E-state index in [2.05, 4.69) is 17.4 Å². The summed E-state index contributed by atoms with van der Waals surface area (Å²) < 4.78 is 16.4. The third kappa shape index (κ3) is 2.18. The van der Waals surface area contributed by atoms with E-state index < -0.39 is 0 Å². The third-order valence-electron chi connectivity index (χ3n) is 3.70. The Bertz CT molecular complexity index is 427. The molecule has 1 atom stereocenters. The average molecular weight is 249 g/mol. The zero-order chi connectivity index (χ0) is 12.4. The van der Waals surface area contributed by atoms with Gasteiger partial charge in [-0.1, -0.05) is 0 Å². The highest BCUT2D eigenvalue weighted by Crippen LogP contribution is 2.37. The third-order valence-corrected chi connectivity index (χ3v) is 3.70. The first-order valence-electron chi connectivity index (χ1n) is 6.50. The van der Waals surface area contributed by atoms with Gasteiger partial charge in [-0.3, -0.25) is 0 Å². The van der Waals surface area contributed by atoms with Gasteiger partial charge in [-0.2, -0.15) is 0 Å². The second kappa shape index (κ2) is 5.16. The maximum atomic E-state index is 5.56. The SMILES string of the molecule is COc1cc2c(cc1C1CCCNC1)OCOC2. The Morgan fingerprint density at radius 3 is 3.11 bits per heavy atom. The summed E-state index contributed by atoms with van der Waals surface area (Å²) in [5.41, 5.74) is 2.33. The minimum atomic E-state index is 0.349. The summed E-state index contributed by atoms with van der Waals surface area (Å²) in [7, 11) is 1.73. The van der Waals surface area contributed by atoms with Crippen LogP contribution in [0.1, 0.15) is 29.9 Å². The Morgan fingerprint density at radius 1 is 1.39 bits per heavy atom. The van der Waals surface area contributed by atoms with Crippen LogP contribution in [0.3, 0.4) is 0 Å². The van der Waals surface area contributed by atoms with Gasteiger partial charge in [0, 0.05) is 23.6 Å². The topological polar surface area (TPSA) is 39.7 Å². The number of fused-ring (bicyclic) bond motifs is 1. The van der Waals surface area contributed by atoms with Gasteiger partial charge in [-0.15, -0.1) is 0 Å². The van der Waals surface area contributed by atoms with Crippen molar-refractivity contribution in [3.05, 3.63) is 23.3 Å². The second-order valence-electron chi connectivity index (χ2n) is 4.86. The molecule has 0 bridgehead atoms. The lowest BCUT2D eigenvalue weighted by molar-refractivity contribution is -0.0166. The van der Waals surface area contributed by atoms with Crippen molar-refractivity contribution < 1.29 is 14.2 Å². The highest BCUT2D eigenvalue weighted by molar-refractivity contribution is 5.48. The summed E-state index contributed by atoms with van der Waals surface area (Å²) in [6.07, 6.45) is 2.42. The lowest BCUT2D eigenvalue weighted by Crippen LogP contribution is -2.28. The molecule has 2 aliphatic heterocycles. The average Bonchev–Trinajstić information content (AvgIpc) is 2.46. The van der Waals surface area contributed by atoms with Crippen LogP contribution in [0.4, 0.5) is 0 Å². The number of nitrogens with one attached hydrogen (secondary N) is 1. The predicted octanol–water partition coefficient (Wildman–Crippen LogP) is 2.03. The number of benzene rings is 1. The van der Waals surface area contributed by atoms with Crippen LogP contribution in [0.2, 0.25) is 0 Å². The zero-order valence-electron chi connectivity index (χ0n) is 10.7. The molecule has 1 N–H and O–H groups in total. The molecule has 1 saturated heterocycles. The van der Waals surface area contributed by atoms with Crippen molar-refractivity contribution >= 4 is 0 Å². The quantitative estimate of drug-likeness (QED) is 0.870. The van der Waals surface area contributed by atoms with Gasteiger partial charge < -0.3 is 19.5 Å². The molecule has 0 aliphatic carbocycles. The number of piperidine rings is 1. The summed E-state index contributed by atoms with van der Waals surface area (Å²) >= 11 is 0. The molecule has 1 unspecified atom stereocenters. The van der Waals surface area contributed by atoms with Gasteiger partial charge >= 0.3 is 0 Å². The van der Waals surface area contributed by atoms with Crippen LogP contribution in [-0.4, -0.2) is 27.0 Å². The molecule has 0 amide bonds. The number of hydrogen-bond donors (Lipinski definition) is 1. The maximum absolute atomic E-state index is 5.56. The molecule has 0 saturated carbocycles. The van der Waals surface area contributed by atoms with Crippen LogP contribution in [0.15, 0.2) is 12.1 Å². The van der Waals surface area contributed by atoms with E-state index in [4.69, 9.17) is 14.2 Å². The monoisotopic (exact) mass is 249 g/mol. The first kappa shape index (κ1) is 11.8. The van der Waals surface area contributed by atoms with Crippen molar-refractivity contribution in [2.75, 3.05) is 27.0 Å². The minimum Gasteiger partial charge on any atom is -0.496 e. The normalized spacial score (nSPS) is 23.1. The van der Waals surface area contributed by atoms with Gasteiger partial charge in [0.15, 0.2) is 6.79 Å². The van der Waals surface area contributed by atoms with E-state index in [0.717, 1.165) is 30.2 Å². The van der Waals surface area contributed by atoms with Crippen LogP contribution in [0.5, 0.6) is 11.5 Å². The van der Waals surface area contributed by atoms with Gasteiger partial charge in [0.2, 0.25) is 0 Å². The van der Waals surface area contributed by atoms with Crippen molar-refractivity contribution in [3.8, 4) is 11.5 Å². The van der Waals surface area contributed by atoms with Gasteiger partial charge in [0.1, 0.15) is 11.5 Å². The molecule has 3 rings (SSSR count). The molecule has 0 radical (unpaired) electrons. The van der Waals surface area contributed by atoms with Crippen molar-refractivity contribution in [2.24, 2.45) is 0 Å². The molecule has 0 aromatic heterocycles. The summed E-state index contributed by atoms with van der Waals surface area (Å²) in [6, 6.07) is 4.19. The lowest BCUT2D eigenvalue weighted by Gasteiger charge is -2.27. The number of ether oxygens (including phenoxy) is 3. The summed E-state index contributed by atoms with van der Waals surface area (Å²) in [4.78, 5) is 0. The predicted molar refractivity (Wildman–Crippen MR) is 68.1 cm³/mol. The fraction of sp³-hybridized carbons (Fsp3) is 0.571. The Balaban J connectivity index is 1.95. The summed E-state index contributed by atoms with van der Waals surface area (Å²) in [5, 5.41) is 3.44. The van der Waals surface area contributed by atoms with Gasteiger partial charge in [-0.25, -0.2) is 0 Å². The number of rotatable bonds is 2. The van der Waals surface area contributed by atoms with E-state index in [1.807, 2.05) is 0 Å². The van der Waals surface area contributed by atoms with E-state index >= 15 is 0 Å². The standard InChI is InChI=1S/C14H19NO3/c1-16-14-5-11-8-17-9-18-13(11)6-12(14)10-3-2-4-15-7-10/h5-6,10,15H,2-4,7-9H2,1H3. The number of methoxy groups -OCH3 is 1. The number of hydrogen-bond acceptors (Lipinski definition) is 4. The zero-order valence-corrected chi connectivity index (χ0v) is 10.7. The molecule has 4 nitrogen and oxygen atoms in total. The van der Waals surface area contributed by atoms with Crippen LogP contribution in [0.25, 0.3) is 0 Å². The van der Waals surface area contributed by atoms with E-state index in [-0.39, 0.29) is 0 Å². The first-order chi connectivity index (χ1) is 8.88. The van der Waals surface area contributed by atoms with Crippen molar-refractivity contribution in [2.45, 2.75) is 25.4 Å². The van der Waals surface area contributed by atoms with Crippen molar-refractivity contribution in [1.29, 1.82) is 0 Å². The first-order valence-corrected chi connectivity index (χ1v) is 6.50. The molecular weight excluding hydrogens is 230 g/mol. The molecule has 1 aromatic rings. The molecule has 2 aliphatic rings. The van der Waals surface area contributed by atoms with Crippen LogP contribution in [0, 0.1) is 0 Å².